The molecule has 19 heavy (non-hydrogen) atoms. The average Bonchev–Trinajstić information content (AvgIpc) is 2.71. The summed E-state index contributed by atoms with van der Waals surface area (Å²) in [4.78, 5) is 26.2. The average molecular weight is 254 g/mol. The summed E-state index contributed by atoms with van der Waals surface area (Å²) in [7, 11) is 0. The number of rotatable bonds is 0. The first-order valence-electron chi connectivity index (χ1n) is 6.25. The molecule has 1 saturated heterocycles. The number of hydrogen-bond donors (Lipinski definition) is 1. The standard InChI is InChI=1S/C15H14N2O2/c1-3-9-12(4-2)17-13(16-14(9)18)10-7-5-6-8-11(10)15(17)19/h3-8,13H,1-2H3,(H,16,18). The van der Waals surface area contributed by atoms with Crippen LogP contribution in [0.15, 0.2) is 47.7 Å². The maximum Gasteiger partial charge on any atom is 0.260 e. The molecule has 2 aliphatic rings. The lowest BCUT2D eigenvalue weighted by atomic mass is 10.0. The fraction of sp³-hybridized carbons (Fsp3) is 0.200. The molecule has 3 rings (SSSR count). The molecular weight excluding hydrogens is 240 g/mol. The highest BCUT2D eigenvalue weighted by Gasteiger charge is 2.44. The Bertz CT molecular complexity index is 643. The number of fused-ring (bicyclic) bond motifs is 3. The summed E-state index contributed by atoms with van der Waals surface area (Å²) >= 11 is 0. The number of nitrogens with one attached hydrogen (secondary N) is 1. The van der Waals surface area contributed by atoms with E-state index in [-0.39, 0.29) is 18.0 Å². The van der Waals surface area contributed by atoms with Crippen molar-refractivity contribution in [2.75, 3.05) is 0 Å². The first-order chi connectivity index (χ1) is 9.19. The smallest absolute Gasteiger partial charge is 0.260 e. The molecule has 0 aliphatic carbocycles. The van der Waals surface area contributed by atoms with E-state index in [1.807, 2.05) is 31.2 Å². The molecule has 0 saturated carbocycles. The second-order valence-electron chi connectivity index (χ2n) is 4.51. The predicted molar refractivity (Wildman–Crippen MR) is 71.0 cm³/mol. The number of benzene rings is 1. The van der Waals surface area contributed by atoms with Crippen LogP contribution in [0.4, 0.5) is 0 Å². The van der Waals surface area contributed by atoms with Crippen LogP contribution in [0.25, 0.3) is 0 Å². The Balaban J connectivity index is 2.18. The molecule has 0 aromatic heterocycles. The number of hydrogen-bond acceptors (Lipinski definition) is 2. The summed E-state index contributed by atoms with van der Waals surface area (Å²) in [6.45, 7) is 3.64. The van der Waals surface area contributed by atoms with E-state index in [9.17, 15) is 9.59 Å². The van der Waals surface area contributed by atoms with Gasteiger partial charge in [0.1, 0.15) is 6.17 Å². The maximum absolute atomic E-state index is 12.5. The Hall–Kier alpha value is -2.36. The molecule has 96 valence electrons. The third kappa shape index (κ3) is 1.46. The van der Waals surface area contributed by atoms with Crippen LogP contribution in [0.2, 0.25) is 0 Å². The minimum absolute atomic E-state index is 0.0620. The van der Waals surface area contributed by atoms with Gasteiger partial charge in [-0.25, -0.2) is 0 Å². The molecule has 0 radical (unpaired) electrons. The van der Waals surface area contributed by atoms with Gasteiger partial charge in [-0.1, -0.05) is 30.4 Å². The minimum atomic E-state index is -0.383. The van der Waals surface area contributed by atoms with Gasteiger partial charge in [-0.05, 0) is 19.9 Å². The van der Waals surface area contributed by atoms with E-state index in [0.29, 0.717) is 16.8 Å². The normalized spacial score (nSPS) is 25.6. The molecule has 1 fully saturated rings. The molecule has 1 atom stereocenters. The van der Waals surface area contributed by atoms with Gasteiger partial charge in [0.25, 0.3) is 11.8 Å². The first-order valence-corrected chi connectivity index (χ1v) is 6.25. The zero-order valence-corrected chi connectivity index (χ0v) is 10.8. The molecule has 4 heteroatoms. The van der Waals surface area contributed by atoms with E-state index in [1.54, 1.807) is 24.0 Å². The van der Waals surface area contributed by atoms with Crippen molar-refractivity contribution in [2.45, 2.75) is 20.0 Å². The summed E-state index contributed by atoms with van der Waals surface area (Å²) in [5.41, 5.74) is 2.73. The van der Waals surface area contributed by atoms with Crippen LogP contribution in [0.3, 0.4) is 0 Å². The van der Waals surface area contributed by atoms with Gasteiger partial charge >= 0.3 is 0 Å². The van der Waals surface area contributed by atoms with Crippen molar-refractivity contribution in [1.82, 2.24) is 10.2 Å². The molecule has 1 aromatic carbocycles. The summed E-state index contributed by atoms with van der Waals surface area (Å²) in [5, 5.41) is 2.89. The monoisotopic (exact) mass is 254 g/mol. The van der Waals surface area contributed by atoms with E-state index < -0.39 is 0 Å². The van der Waals surface area contributed by atoms with E-state index >= 15 is 0 Å². The molecule has 2 heterocycles. The van der Waals surface area contributed by atoms with Crippen molar-refractivity contribution in [1.29, 1.82) is 0 Å². The number of allylic oxidation sites excluding steroid dienone is 2. The Morgan fingerprint density at radius 2 is 1.89 bits per heavy atom. The number of amides is 2. The highest BCUT2D eigenvalue weighted by atomic mass is 16.2. The number of nitrogens with zero attached hydrogens (tertiary/aromatic N) is 1. The summed E-state index contributed by atoms with van der Waals surface area (Å²) < 4.78 is 0. The van der Waals surface area contributed by atoms with Gasteiger partial charge in [0.15, 0.2) is 0 Å². The van der Waals surface area contributed by atoms with Crippen molar-refractivity contribution in [3.63, 3.8) is 0 Å². The van der Waals surface area contributed by atoms with Crippen LogP contribution in [0.1, 0.15) is 35.9 Å². The van der Waals surface area contributed by atoms with Gasteiger partial charge in [-0.2, -0.15) is 0 Å². The highest BCUT2D eigenvalue weighted by molar-refractivity contribution is 6.07. The molecule has 0 spiro atoms. The Labute approximate surface area is 111 Å². The molecular formula is C15H14N2O2. The number of carbonyl (C=O) groups excluding carboxylic acids is 2. The van der Waals surface area contributed by atoms with Gasteiger partial charge in [0.2, 0.25) is 0 Å². The van der Waals surface area contributed by atoms with Crippen LogP contribution in [-0.2, 0) is 4.79 Å². The Kier molecular flexibility index (Phi) is 2.52. The molecule has 1 aromatic rings. The van der Waals surface area contributed by atoms with Crippen LogP contribution in [0.5, 0.6) is 0 Å². The van der Waals surface area contributed by atoms with Crippen molar-refractivity contribution in [3.8, 4) is 0 Å². The van der Waals surface area contributed by atoms with Gasteiger partial charge in [0, 0.05) is 11.1 Å². The fourth-order valence-electron chi connectivity index (χ4n) is 2.73. The van der Waals surface area contributed by atoms with E-state index in [2.05, 4.69) is 5.32 Å². The van der Waals surface area contributed by atoms with E-state index in [0.717, 1.165) is 5.56 Å². The lowest BCUT2D eigenvalue weighted by molar-refractivity contribution is -0.120. The molecule has 0 bridgehead atoms. The fourth-order valence-corrected chi connectivity index (χ4v) is 2.73. The largest absolute Gasteiger partial charge is 0.327 e. The zero-order valence-electron chi connectivity index (χ0n) is 10.8. The van der Waals surface area contributed by atoms with Crippen LogP contribution in [-0.4, -0.2) is 16.7 Å². The van der Waals surface area contributed by atoms with Crippen molar-refractivity contribution in [3.05, 3.63) is 58.8 Å². The van der Waals surface area contributed by atoms with Gasteiger partial charge in [-0.3, -0.25) is 14.5 Å². The molecule has 1 unspecified atom stereocenters. The minimum Gasteiger partial charge on any atom is -0.327 e. The van der Waals surface area contributed by atoms with Gasteiger partial charge in [-0.15, -0.1) is 0 Å². The topological polar surface area (TPSA) is 49.4 Å². The third-order valence-corrected chi connectivity index (χ3v) is 3.57. The van der Waals surface area contributed by atoms with Gasteiger partial charge in [0.05, 0.1) is 11.3 Å². The van der Waals surface area contributed by atoms with Crippen molar-refractivity contribution < 1.29 is 9.59 Å². The van der Waals surface area contributed by atoms with Crippen LogP contribution >= 0.6 is 0 Å². The SMILES string of the molecule is CC=C1C(=O)NC2c3ccccc3C(=O)N2C1=CC. The number of carbonyl (C=O) groups is 2. The van der Waals surface area contributed by atoms with E-state index in [1.165, 1.54) is 0 Å². The lowest BCUT2D eigenvalue weighted by Crippen LogP contribution is -2.46. The second kappa shape index (κ2) is 4.09. The van der Waals surface area contributed by atoms with E-state index in [4.69, 9.17) is 0 Å². The highest BCUT2D eigenvalue weighted by Crippen LogP contribution is 2.39. The molecule has 1 N–H and O–H groups in total. The Morgan fingerprint density at radius 3 is 2.58 bits per heavy atom. The third-order valence-electron chi connectivity index (χ3n) is 3.57. The summed E-state index contributed by atoms with van der Waals surface area (Å²) in [6, 6.07) is 7.39. The first kappa shape index (κ1) is 11.7. The second-order valence-corrected chi connectivity index (χ2v) is 4.51. The molecule has 2 aliphatic heterocycles. The van der Waals surface area contributed by atoms with Crippen LogP contribution < -0.4 is 5.32 Å². The Morgan fingerprint density at radius 1 is 1.16 bits per heavy atom. The zero-order chi connectivity index (χ0) is 13.6. The summed E-state index contributed by atoms with van der Waals surface area (Å²) in [5.74, 6) is -0.200. The van der Waals surface area contributed by atoms with Crippen molar-refractivity contribution >= 4 is 11.8 Å². The summed E-state index contributed by atoms with van der Waals surface area (Å²) in [6.07, 6.45) is 3.16. The molecule has 2 amide bonds. The lowest BCUT2D eigenvalue weighted by Gasteiger charge is -2.34. The maximum atomic E-state index is 12.5. The van der Waals surface area contributed by atoms with Gasteiger partial charge < -0.3 is 5.32 Å². The predicted octanol–water partition coefficient (Wildman–Crippen LogP) is 2.12. The quantitative estimate of drug-likeness (QED) is 0.721. The van der Waals surface area contributed by atoms with Crippen molar-refractivity contribution in [2.24, 2.45) is 0 Å². The van der Waals surface area contributed by atoms with Crippen LogP contribution in [0, 0.1) is 0 Å². The molecule has 4 nitrogen and oxygen atoms in total.